The molecule has 1 heterocycles. The molecule has 0 radical (unpaired) electrons. The van der Waals surface area contributed by atoms with Gasteiger partial charge in [-0.1, -0.05) is 32.9 Å². The predicted molar refractivity (Wildman–Crippen MR) is 107 cm³/mol. The van der Waals surface area contributed by atoms with Gasteiger partial charge >= 0.3 is 12.0 Å². The number of hydrogen-bond donors (Lipinski definition) is 3. The molecule has 0 unspecified atom stereocenters. The smallest absolute Gasteiger partial charge is 0.325 e. The molecule has 30 heavy (non-hydrogen) atoms. The van der Waals surface area contributed by atoms with Gasteiger partial charge in [0.05, 0.1) is 11.0 Å². The van der Waals surface area contributed by atoms with Crippen molar-refractivity contribution in [3.63, 3.8) is 0 Å². The number of carbonyl (C=O) groups is 3. The van der Waals surface area contributed by atoms with Gasteiger partial charge in [0.1, 0.15) is 6.04 Å². The lowest BCUT2D eigenvalue weighted by atomic mass is 9.87. The Morgan fingerprint density at radius 3 is 2.30 bits per heavy atom. The van der Waals surface area contributed by atoms with Gasteiger partial charge in [-0.3, -0.25) is 14.9 Å². The summed E-state index contributed by atoms with van der Waals surface area (Å²) >= 11 is 0. The van der Waals surface area contributed by atoms with Crippen molar-refractivity contribution >= 4 is 27.9 Å². The van der Waals surface area contributed by atoms with E-state index in [2.05, 4.69) is 0 Å². The van der Waals surface area contributed by atoms with E-state index in [0.29, 0.717) is 0 Å². The first-order chi connectivity index (χ1) is 13.7. The van der Waals surface area contributed by atoms with Gasteiger partial charge < -0.3 is 15.6 Å². The van der Waals surface area contributed by atoms with Crippen molar-refractivity contribution in [2.45, 2.75) is 62.7 Å². The summed E-state index contributed by atoms with van der Waals surface area (Å²) in [5, 5.41) is 11.8. The number of nitrogens with zero attached hydrogens (tertiary/aromatic N) is 1. The Morgan fingerprint density at radius 2 is 1.80 bits per heavy atom. The van der Waals surface area contributed by atoms with Crippen LogP contribution in [-0.2, 0) is 29.8 Å². The highest BCUT2D eigenvalue weighted by Crippen LogP contribution is 2.29. The van der Waals surface area contributed by atoms with Crippen LogP contribution in [0.5, 0.6) is 0 Å². The van der Waals surface area contributed by atoms with Crippen molar-refractivity contribution in [3.05, 3.63) is 29.8 Å². The third-order valence-corrected chi connectivity index (χ3v) is 6.63. The second kappa shape index (κ2) is 8.70. The number of ether oxygens (including phenoxy) is 1. The quantitative estimate of drug-likeness (QED) is 0.552. The number of urea groups is 1. The van der Waals surface area contributed by atoms with E-state index >= 15 is 0 Å². The molecule has 11 heteroatoms. The monoisotopic (exact) mass is 441 g/mol. The third kappa shape index (κ3) is 5.35. The van der Waals surface area contributed by atoms with E-state index in [1.807, 2.05) is 20.8 Å². The number of nitrogens with two attached hydrogens (primary N) is 1. The van der Waals surface area contributed by atoms with E-state index in [1.54, 1.807) is 17.4 Å². The van der Waals surface area contributed by atoms with Crippen LogP contribution in [0.15, 0.2) is 29.2 Å². The summed E-state index contributed by atoms with van der Waals surface area (Å²) in [5.41, 5.74) is 5.62. The maximum atomic E-state index is 13.1. The molecule has 166 valence electrons. The first-order valence-electron chi connectivity index (χ1n) is 9.34. The predicted octanol–water partition coefficient (Wildman–Crippen LogP) is 0.235. The van der Waals surface area contributed by atoms with Crippen LogP contribution in [-0.4, -0.2) is 60.5 Å². The number of nitrogens with one attached hydrogen (secondary N) is 1. The van der Waals surface area contributed by atoms with Gasteiger partial charge in [-0.2, -0.15) is 4.31 Å². The summed E-state index contributed by atoms with van der Waals surface area (Å²) in [6.45, 7) is 6.91. The average Bonchev–Trinajstić information content (AvgIpc) is 3.03. The van der Waals surface area contributed by atoms with Crippen LogP contribution in [0.2, 0.25) is 0 Å². The normalized spacial score (nSPS) is 21.1. The number of aliphatic hydroxyl groups excluding tert-OH is 1. The Labute approximate surface area is 175 Å². The van der Waals surface area contributed by atoms with Gasteiger partial charge in [0.15, 0.2) is 6.10 Å². The molecule has 1 fully saturated rings. The molecule has 0 aliphatic carbocycles. The standard InChI is InChI=1S/C19H27N3O7S/c1-11(16(24)21-18(20)26)29-17(25)15-9-13(23)10-22(15)30(27,28)14-7-5-12(6-8-14)19(2,3)4/h5-8,11,13,15,23H,9-10H2,1-4H3,(H3,20,21,24,26)/t11-,13+,15-/m0/s1. The summed E-state index contributed by atoms with van der Waals surface area (Å²) in [7, 11) is -4.11. The van der Waals surface area contributed by atoms with Gasteiger partial charge in [0, 0.05) is 13.0 Å². The fourth-order valence-electron chi connectivity index (χ4n) is 3.06. The molecule has 10 nitrogen and oxygen atoms in total. The number of benzene rings is 1. The van der Waals surface area contributed by atoms with Crippen LogP contribution in [0.4, 0.5) is 4.79 Å². The molecule has 3 amide bonds. The highest BCUT2D eigenvalue weighted by molar-refractivity contribution is 7.89. The average molecular weight is 442 g/mol. The third-order valence-electron chi connectivity index (χ3n) is 4.74. The maximum absolute atomic E-state index is 13.1. The zero-order chi connectivity index (χ0) is 22.9. The lowest BCUT2D eigenvalue weighted by Crippen LogP contribution is -2.46. The number of β-amino-alcohol motifs (C(OH)–C–C–N with tert-alkyl or cyclic N) is 1. The SMILES string of the molecule is C[C@H](OC(=O)[C@@H]1C[C@@H](O)CN1S(=O)(=O)c1ccc(C(C)(C)C)cc1)C(=O)NC(N)=O. The second-order valence-electron chi connectivity index (χ2n) is 8.19. The molecule has 2 rings (SSSR count). The molecule has 4 N–H and O–H groups in total. The van der Waals surface area contributed by atoms with Gasteiger partial charge in [-0.25, -0.2) is 13.2 Å². The fourth-order valence-corrected chi connectivity index (χ4v) is 4.68. The fraction of sp³-hybridized carbons (Fsp3) is 0.526. The topological polar surface area (TPSA) is 156 Å². The number of aliphatic hydroxyl groups is 1. The molecule has 3 atom stereocenters. The van der Waals surface area contributed by atoms with Crippen molar-refractivity contribution in [2.75, 3.05) is 6.54 Å². The molecule has 1 aromatic rings. The van der Waals surface area contributed by atoms with Crippen LogP contribution in [0, 0.1) is 0 Å². The first-order valence-corrected chi connectivity index (χ1v) is 10.8. The minimum absolute atomic E-state index is 0.0260. The maximum Gasteiger partial charge on any atom is 0.325 e. The Hall–Kier alpha value is -2.50. The number of rotatable bonds is 5. The van der Waals surface area contributed by atoms with Crippen LogP contribution in [0.1, 0.15) is 39.7 Å². The number of esters is 1. The number of primary amides is 1. The van der Waals surface area contributed by atoms with E-state index in [-0.39, 0.29) is 23.3 Å². The minimum Gasteiger partial charge on any atom is -0.451 e. The zero-order valence-corrected chi connectivity index (χ0v) is 18.1. The molecule has 0 spiro atoms. The molecular weight excluding hydrogens is 414 g/mol. The lowest BCUT2D eigenvalue weighted by molar-refractivity contribution is -0.157. The van der Waals surface area contributed by atoms with Crippen molar-refractivity contribution in [1.82, 2.24) is 9.62 Å². The summed E-state index contributed by atoms with van der Waals surface area (Å²) in [6, 6.07) is 3.88. The van der Waals surface area contributed by atoms with Gasteiger partial charge in [0.2, 0.25) is 10.0 Å². The molecule has 1 saturated heterocycles. The molecule has 0 bridgehead atoms. The first kappa shape index (κ1) is 23.8. The van der Waals surface area contributed by atoms with E-state index in [4.69, 9.17) is 10.5 Å². The number of sulfonamides is 1. The largest absolute Gasteiger partial charge is 0.451 e. The minimum atomic E-state index is -4.11. The Balaban J connectivity index is 2.23. The van der Waals surface area contributed by atoms with E-state index < -0.39 is 46.2 Å². The molecule has 0 aromatic heterocycles. The van der Waals surface area contributed by atoms with Crippen LogP contribution >= 0.6 is 0 Å². The number of imide groups is 1. The molecule has 1 aromatic carbocycles. The molecule has 0 saturated carbocycles. The summed E-state index contributed by atoms with van der Waals surface area (Å²) in [5.74, 6) is -1.95. The van der Waals surface area contributed by atoms with Gasteiger partial charge in [-0.15, -0.1) is 0 Å². The number of carbonyl (C=O) groups excluding carboxylic acids is 3. The van der Waals surface area contributed by atoms with Crippen LogP contribution < -0.4 is 11.1 Å². The summed E-state index contributed by atoms with van der Waals surface area (Å²) in [4.78, 5) is 35.0. The van der Waals surface area contributed by atoms with Crippen molar-refractivity contribution in [1.29, 1.82) is 0 Å². The van der Waals surface area contributed by atoms with E-state index in [1.165, 1.54) is 19.1 Å². The molecular formula is C19H27N3O7S. The summed E-state index contributed by atoms with van der Waals surface area (Å²) < 4.78 is 32.0. The lowest BCUT2D eigenvalue weighted by Gasteiger charge is -2.24. The zero-order valence-electron chi connectivity index (χ0n) is 17.3. The Bertz CT molecular complexity index is 922. The highest BCUT2D eigenvalue weighted by Gasteiger charge is 2.45. The highest BCUT2D eigenvalue weighted by atomic mass is 32.2. The van der Waals surface area contributed by atoms with Crippen LogP contribution in [0.25, 0.3) is 0 Å². The van der Waals surface area contributed by atoms with E-state index in [9.17, 15) is 27.9 Å². The Kier molecular flexibility index (Phi) is 6.90. The molecule has 1 aliphatic rings. The van der Waals surface area contributed by atoms with E-state index in [0.717, 1.165) is 9.87 Å². The van der Waals surface area contributed by atoms with Gasteiger partial charge in [0.25, 0.3) is 5.91 Å². The van der Waals surface area contributed by atoms with Crippen molar-refractivity contribution < 1.29 is 32.6 Å². The Morgan fingerprint density at radius 1 is 1.23 bits per heavy atom. The summed E-state index contributed by atoms with van der Waals surface area (Å²) in [6.07, 6.45) is -2.62. The second-order valence-corrected chi connectivity index (χ2v) is 10.1. The number of hydrogen-bond acceptors (Lipinski definition) is 7. The molecule has 1 aliphatic heterocycles. The number of amides is 3. The van der Waals surface area contributed by atoms with Crippen molar-refractivity contribution in [3.8, 4) is 0 Å². The van der Waals surface area contributed by atoms with Crippen LogP contribution in [0.3, 0.4) is 0 Å². The van der Waals surface area contributed by atoms with Gasteiger partial charge in [-0.05, 0) is 30.0 Å². The van der Waals surface area contributed by atoms with Crippen molar-refractivity contribution in [2.24, 2.45) is 5.73 Å².